The van der Waals surface area contributed by atoms with Crippen molar-refractivity contribution in [2.24, 2.45) is 0 Å². The lowest BCUT2D eigenvalue weighted by atomic mass is 9.89. The number of nitrogens with one attached hydrogen (secondary N) is 1. The van der Waals surface area contributed by atoms with E-state index in [4.69, 9.17) is 16.7 Å². The molecule has 1 atom stereocenters. The predicted octanol–water partition coefficient (Wildman–Crippen LogP) is 4.75. The fourth-order valence-electron chi connectivity index (χ4n) is 3.88. The van der Waals surface area contributed by atoms with Crippen molar-refractivity contribution < 1.29 is 32.6 Å². The van der Waals surface area contributed by atoms with Crippen LogP contribution in [-0.2, 0) is 18.3 Å². The molecule has 2 amide bonds. The molecule has 0 spiro atoms. The standard InChI is InChI=1S/C22H21ClF4N4O3S/c23-15-8-12(7-14(33)11-32)10-28-18(15)21(24)3-5-31(6-4-21)20(34)30-19-29-16-2-1-13(22(25,26)27)9-17(16)35-19/h1-2,8-10,14,32-33H,3-7,11H2,(H,29,30,34)/t14-/m0/s1. The van der Waals surface area contributed by atoms with Crippen molar-refractivity contribution in [1.29, 1.82) is 0 Å². The van der Waals surface area contributed by atoms with E-state index in [1.54, 1.807) is 0 Å². The molecule has 3 heterocycles. The van der Waals surface area contributed by atoms with E-state index in [0.29, 0.717) is 11.1 Å². The van der Waals surface area contributed by atoms with Gasteiger partial charge in [-0.3, -0.25) is 10.3 Å². The van der Waals surface area contributed by atoms with Gasteiger partial charge < -0.3 is 15.1 Å². The Bertz CT molecular complexity index is 1230. The summed E-state index contributed by atoms with van der Waals surface area (Å²) in [5.41, 5.74) is -1.72. The number of urea groups is 1. The van der Waals surface area contributed by atoms with Gasteiger partial charge in [0.1, 0.15) is 0 Å². The van der Waals surface area contributed by atoms with Crippen LogP contribution in [-0.4, -0.2) is 56.9 Å². The van der Waals surface area contributed by atoms with Gasteiger partial charge >= 0.3 is 12.2 Å². The number of anilines is 1. The van der Waals surface area contributed by atoms with Crippen LogP contribution in [0.4, 0.5) is 27.5 Å². The van der Waals surface area contributed by atoms with E-state index in [1.807, 2.05) is 0 Å². The number of aromatic nitrogens is 2. The van der Waals surface area contributed by atoms with Crippen molar-refractivity contribution in [2.75, 3.05) is 25.0 Å². The molecule has 2 aromatic heterocycles. The summed E-state index contributed by atoms with van der Waals surface area (Å²) in [4.78, 5) is 22.3. The number of nitrogens with zero attached hydrogens (tertiary/aromatic N) is 3. The Labute approximate surface area is 206 Å². The number of amides is 2. The number of piperidine rings is 1. The quantitative estimate of drug-likeness (QED) is 0.412. The third-order valence-electron chi connectivity index (χ3n) is 5.78. The smallest absolute Gasteiger partial charge is 0.394 e. The summed E-state index contributed by atoms with van der Waals surface area (Å²) in [7, 11) is 0. The number of aliphatic hydroxyl groups excluding tert-OH is 2. The highest BCUT2D eigenvalue weighted by Gasteiger charge is 2.40. The number of fused-ring (bicyclic) bond motifs is 1. The minimum Gasteiger partial charge on any atom is -0.394 e. The average molecular weight is 533 g/mol. The Morgan fingerprint density at radius 1 is 1.29 bits per heavy atom. The van der Waals surface area contributed by atoms with Crippen LogP contribution >= 0.6 is 22.9 Å². The topological polar surface area (TPSA) is 98.6 Å². The first-order valence-corrected chi connectivity index (χ1v) is 11.8. The zero-order chi connectivity index (χ0) is 25.4. The number of likely N-dealkylation sites (tertiary alicyclic amines) is 1. The van der Waals surface area contributed by atoms with Gasteiger partial charge in [-0.05, 0) is 29.8 Å². The van der Waals surface area contributed by atoms with Gasteiger partial charge in [-0.25, -0.2) is 14.2 Å². The fourth-order valence-corrected chi connectivity index (χ4v) is 5.13. The fraction of sp³-hybridized carbons (Fsp3) is 0.409. The van der Waals surface area contributed by atoms with Gasteiger partial charge in [0.25, 0.3) is 0 Å². The van der Waals surface area contributed by atoms with Crippen molar-refractivity contribution in [1.82, 2.24) is 14.9 Å². The Morgan fingerprint density at radius 2 is 2.00 bits per heavy atom. The third-order valence-corrected chi connectivity index (χ3v) is 7.00. The van der Waals surface area contributed by atoms with Crippen LogP contribution in [0, 0.1) is 0 Å². The van der Waals surface area contributed by atoms with Crippen molar-refractivity contribution >= 4 is 44.3 Å². The molecule has 3 aromatic rings. The average Bonchev–Trinajstić information content (AvgIpc) is 3.20. The van der Waals surface area contributed by atoms with Crippen molar-refractivity contribution in [3.05, 3.63) is 52.3 Å². The molecule has 0 unspecified atom stereocenters. The van der Waals surface area contributed by atoms with Gasteiger partial charge in [0.15, 0.2) is 10.8 Å². The molecular formula is C22H21ClF4N4O3S. The maximum absolute atomic E-state index is 15.7. The van der Waals surface area contributed by atoms with Crippen molar-refractivity contribution in [3.63, 3.8) is 0 Å². The summed E-state index contributed by atoms with van der Waals surface area (Å²) in [6.45, 7) is -0.293. The number of alkyl halides is 4. The Morgan fingerprint density at radius 3 is 2.63 bits per heavy atom. The summed E-state index contributed by atoms with van der Waals surface area (Å²) >= 11 is 7.17. The van der Waals surface area contributed by atoms with Crippen LogP contribution in [0.25, 0.3) is 10.2 Å². The molecule has 1 aromatic carbocycles. The monoisotopic (exact) mass is 532 g/mol. The summed E-state index contributed by atoms with van der Waals surface area (Å²) in [6.07, 6.45) is -4.03. The Balaban J connectivity index is 1.40. The summed E-state index contributed by atoms with van der Waals surface area (Å²) in [5.74, 6) is 0. The maximum atomic E-state index is 15.7. The van der Waals surface area contributed by atoms with Gasteiger partial charge in [-0.1, -0.05) is 22.9 Å². The van der Waals surface area contributed by atoms with Gasteiger partial charge in [-0.2, -0.15) is 13.2 Å². The number of hydrogen-bond donors (Lipinski definition) is 3. The number of thiazole rings is 1. The third kappa shape index (κ3) is 5.66. The Kier molecular flexibility index (Phi) is 7.18. The molecule has 1 aliphatic rings. The first-order chi connectivity index (χ1) is 16.5. The molecule has 1 fully saturated rings. The number of pyridine rings is 1. The molecule has 7 nitrogen and oxygen atoms in total. The lowest BCUT2D eigenvalue weighted by molar-refractivity contribution is -0.137. The molecule has 0 saturated carbocycles. The second kappa shape index (κ2) is 9.84. The van der Waals surface area contributed by atoms with Crippen LogP contribution in [0.2, 0.25) is 5.02 Å². The highest BCUT2D eigenvalue weighted by molar-refractivity contribution is 7.22. The van der Waals surface area contributed by atoms with E-state index in [2.05, 4.69) is 15.3 Å². The van der Waals surface area contributed by atoms with Gasteiger partial charge in [0.2, 0.25) is 0 Å². The summed E-state index contributed by atoms with van der Waals surface area (Å²) in [5, 5.41) is 21.3. The predicted molar refractivity (Wildman–Crippen MR) is 123 cm³/mol. The molecule has 3 N–H and O–H groups in total. The van der Waals surface area contributed by atoms with Crippen LogP contribution < -0.4 is 5.32 Å². The van der Waals surface area contributed by atoms with Crippen LogP contribution in [0.3, 0.4) is 0 Å². The molecule has 188 valence electrons. The molecule has 0 radical (unpaired) electrons. The van der Waals surface area contributed by atoms with Crippen LogP contribution in [0.5, 0.6) is 0 Å². The van der Waals surface area contributed by atoms with Crippen LogP contribution in [0.15, 0.2) is 30.5 Å². The zero-order valence-electron chi connectivity index (χ0n) is 18.1. The molecule has 13 heteroatoms. The lowest BCUT2D eigenvalue weighted by Gasteiger charge is -2.36. The molecule has 1 saturated heterocycles. The highest BCUT2D eigenvalue weighted by Crippen LogP contribution is 2.40. The largest absolute Gasteiger partial charge is 0.416 e. The van der Waals surface area contributed by atoms with E-state index in [9.17, 15) is 23.1 Å². The summed E-state index contributed by atoms with van der Waals surface area (Å²) < 4.78 is 54.7. The van der Waals surface area contributed by atoms with Crippen LogP contribution in [0.1, 0.15) is 29.7 Å². The Hall–Kier alpha value is -2.54. The number of aliphatic hydroxyl groups is 2. The number of hydrogen-bond acceptors (Lipinski definition) is 6. The minimum absolute atomic E-state index is 0.0492. The van der Waals surface area contributed by atoms with Crippen molar-refractivity contribution in [2.45, 2.75) is 37.2 Å². The molecule has 0 bridgehead atoms. The highest BCUT2D eigenvalue weighted by atomic mass is 35.5. The van der Waals surface area contributed by atoms with E-state index < -0.39 is 36.2 Å². The van der Waals surface area contributed by atoms with Gasteiger partial charge in [0, 0.05) is 38.5 Å². The molecule has 0 aliphatic carbocycles. The second-order valence-electron chi connectivity index (χ2n) is 8.30. The maximum Gasteiger partial charge on any atom is 0.416 e. The van der Waals surface area contributed by atoms with Crippen molar-refractivity contribution in [3.8, 4) is 0 Å². The normalized spacial score (nSPS) is 16.9. The molecule has 1 aliphatic heterocycles. The number of carbonyl (C=O) groups is 1. The SMILES string of the molecule is O=C(Nc1nc2ccc(C(F)(F)F)cc2s1)N1CCC(F)(c2ncc(C[C@H](O)CO)cc2Cl)CC1. The van der Waals surface area contributed by atoms with E-state index in [-0.39, 0.29) is 52.9 Å². The second-order valence-corrected chi connectivity index (χ2v) is 9.73. The van der Waals surface area contributed by atoms with Gasteiger partial charge in [0.05, 0.1) is 39.2 Å². The zero-order valence-corrected chi connectivity index (χ0v) is 19.7. The van der Waals surface area contributed by atoms with Gasteiger partial charge in [-0.15, -0.1) is 0 Å². The first kappa shape index (κ1) is 25.5. The van der Waals surface area contributed by atoms with E-state index >= 15 is 4.39 Å². The van der Waals surface area contributed by atoms with E-state index in [1.165, 1.54) is 23.2 Å². The lowest BCUT2D eigenvalue weighted by Crippen LogP contribution is -2.45. The number of rotatable bonds is 5. The minimum atomic E-state index is -4.48. The number of carbonyl (C=O) groups excluding carboxylic acids is 1. The first-order valence-electron chi connectivity index (χ1n) is 10.6. The van der Waals surface area contributed by atoms with E-state index in [0.717, 1.165) is 23.5 Å². The molecular weight excluding hydrogens is 512 g/mol. The summed E-state index contributed by atoms with van der Waals surface area (Å²) in [6, 6.07) is 4.12. The number of benzene rings is 1. The molecule has 35 heavy (non-hydrogen) atoms. The number of halogens is 5. The molecule has 4 rings (SSSR count).